The molecule has 0 bridgehead atoms. The average Bonchev–Trinajstić information content (AvgIpc) is 2.38. The van der Waals surface area contributed by atoms with E-state index < -0.39 is 16.5 Å². The van der Waals surface area contributed by atoms with Crippen LogP contribution in [0.25, 0.3) is 0 Å². The topological polar surface area (TPSA) is 64.1 Å². The van der Waals surface area contributed by atoms with Gasteiger partial charge in [0.25, 0.3) is 0 Å². The van der Waals surface area contributed by atoms with Gasteiger partial charge in [0.05, 0.1) is 0 Å². The first-order valence-electron chi connectivity index (χ1n) is 7.22. The quantitative estimate of drug-likeness (QED) is 0.597. The molecule has 5 heteroatoms. The fraction of sp³-hybridized carbons (Fsp3) is 0.250. The van der Waals surface area contributed by atoms with Crippen LogP contribution < -0.4 is 26.5 Å². The Kier molecular flexibility index (Phi) is 4.27. The molecule has 2 aromatic rings. The van der Waals surface area contributed by atoms with Gasteiger partial charge in [-0.3, -0.25) is 0 Å². The molecule has 112 valence electrons. The second kappa shape index (κ2) is 5.67. The molecule has 0 atom stereocenters. The highest BCUT2D eigenvalue weighted by atomic mass is 28.4. The van der Waals surface area contributed by atoms with Crippen molar-refractivity contribution in [1.82, 2.24) is 4.65 Å². The average molecular weight is 316 g/mol. The normalized spacial score (nSPS) is 12.4. The standard InChI is InChI=1S/C16H25N3Si2/c1-20(2,15-9-5-13(17)6-10-15)19-21(3,4)16-11-7-14(18)8-12-16/h5-12,19H,17-18H2,1-4H3. The number of nitrogen functional groups attached to an aromatic ring is 2. The van der Waals surface area contributed by atoms with Gasteiger partial charge in [-0.2, -0.15) is 0 Å². The molecule has 0 saturated carbocycles. The zero-order valence-electron chi connectivity index (χ0n) is 13.3. The SMILES string of the molecule is C[Si](C)(N[Si](C)(C)c1ccc(N)cc1)c1ccc(N)cc1. The second-order valence-electron chi connectivity index (χ2n) is 6.62. The molecule has 0 heterocycles. The Bertz CT molecular complexity index is 549. The zero-order chi connectivity index (χ0) is 15.7. The van der Waals surface area contributed by atoms with Gasteiger partial charge in [0.2, 0.25) is 0 Å². The molecule has 0 amide bonds. The molecule has 0 aliphatic carbocycles. The molecule has 5 N–H and O–H groups in total. The Hall–Kier alpha value is -1.57. The number of hydrogen-bond acceptors (Lipinski definition) is 3. The van der Waals surface area contributed by atoms with Gasteiger partial charge in [0.15, 0.2) is 0 Å². The molecule has 2 rings (SSSR count). The van der Waals surface area contributed by atoms with Crippen molar-refractivity contribution in [2.75, 3.05) is 11.5 Å². The minimum absolute atomic E-state index is 0.818. The Morgan fingerprint density at radius 2 is 0.905 bits per heavy atom. The van der Waals surface area contributed by atoms with Crippen molar-refractivity contribution in [3.8, 4) is 0 Å². The summed E-state index contributed by atoms with van der Waals surface area (Å²) in [5, 5.41) is 2.76. The van der Waals surface area contributed by atoms with E-state index in [2.05, 4.69) is 55.1 Å². The number of benzene rings is 2. The highest BCUT2D eigenvalue weighted by molar-refractivity contribution is 7.02. The van der Waals surface area contributed by atoms with Crippen LogP contribution in [0.2, 0.25) is 26.2 Å². The Balaban J connectivity index is 2.25. The third-order valence-electron chi connectivity index (χ3n) is 3.89. The molecule has 0 fully saturated rings. The summed E-state index contributed by atoms with van der Waals surface area (Å²) in [6.45, 7) is 9.41. The van der Waals surface area contributed by atoms with Crippen molar-refractivity contribution < 1.29 is 0 Å². The zero-order valence-corrected chi connectivity index (χ0v) is 15.3. The van der Waals surface area contributed by atoms with Crippen LogP contribution in [0, 0.1) is 0 Å². The van der Waals surface area contributed by atoms with Crippen LogP contribution in [0.1, 0.15) is 0 Å². The van der Waals surface area contributed by atoms with E-state index in [-0.39, 0.29) is 0 Å². The lowest BCUT2D eigenvalue weighted by molar-refractivity contribution is 1.34. The van der Waals surface area contributed by atoms with E-state index in [4.69, 9.17) is 11.5 Å². The second-order valence-corrected chi connectivity index (χ2v) is 15.3. The maximum absolute atomic E-state index is 5.79. The van der Waals surface area contributed by atoms with Gasteiger partial charge >= 0.3 is 0 Å². The van der Waals surface area contributed by atoms with E-state index in [1.807, 2.05) is 24.3 Å². The van der Waals surface area contributed by atoms with E-state index >= 15 is 0 Å². The summed E-state index contributed by atoms with van der Waals surface area (Å²) in [5.74, 6) is 0. The molecular weight excluding hydrogens is 290 g/mol. The van der Waals surface area contributed by atoms with Crippen LogP contribution in [0.15, 0.2) is 48.5 Å². The fourth-order valence-electron chi connectivity index (χ4n) is 2.73. The van der Waals surface area contributed by atoms with Gasteiger partial charge in [-0.1, -0.05) is 50.5 Å². The molecular formula is C16H25N3Si2. The first-order valence-corrected chi connectivity index (χ1v) is 13.2. The molecule has 0 saturated heterocycles. The van der Waals surface area contributed by atoms with Gasteiger partial charge in [0, 0.05) is 11.4 Å². The highest BCUT2D eigenvalue weighted by Gasteiger charge is 2.33. The predicted molar refractivity (Wildman–Crippen MR) is 99.1 cm³/mol. The van der Waals surface area contributed by atoms with Crippen LogP contribution in [0.3, 0.4) is 0 Å². The molecule has 0 aliphatic rings. The molecule has 3 nitrogen and oxygen atoms in total. The minimum Gasteiger partial charge on any atom is -0.399 e. The molecule has 0 spiro atoms. The Morgan fingerprint density at radius 1 is 0.619 bits per heavy atom. The van der Waals surface area contributed by atoms with Crippen LogP contribution in [0.5, 0.6) is 0 Å². The Morgan fingerprint density at radius 3 is 1.19 bits per heavy atom. The first-order chi connectivity index (χ1) is 9.71. The lowest BCUT2D eigenvalue weighted by atomic mass is 10.3. The molecule has 0 aromatic heterocycles. The van der Waals surface area contributed by atoms with Crippen LogP contribution in [-0.4, -0.2) is 16.5 Å². The van der Waals surface area contributed by atoms with Crippen molar-refractivity contribution in [3.05, 3.63) is 48.5 Å². The van der Waals surface area contributed by atoms with Gasteiger partial charge in [-0.25, -0.2) is 0 Å². The molecule has 0 unspecified atom stereocenters. The van der Waals surface area contributed by atoms with Crippen molar-refractivity contribution in [2.45, 2.75) is 26.2 Å². The third kappa shape index (κ3) is 3.75. The third-order valence-corrected chi connectivity index (χ3v) is 12.4. The van der Waals surface area contributed by atoms with E-state index in [9.17, 15) is 0 Å². The van der Waals surface area contributed by atoms with Gasteiger partial charge in [-0.15, -0.1) is 0 Å². The largest absolute Gasteiger partial charge is 0.399 e. The van der Waals surface area contributed by atoms with E-state index in [1.165, 1.54) is 10.4 Å². The summed E-state index contributed by atoms with van der Waals surface area (Å²) in [5.41, 5.74) is 13.2. The smallest absolute Gasteiger partial charge is 0.145 e. The first kappa shape index (κ1) is 15.8. The van der Waals surface area contributed by atoms with Gasteiger partial charge in [-0.05, 0) is 34.6 Å². The van der Waals surface area contributed by atoms with E-state index in [0.717, 1.165) is 11.4 Å². The number of anilines is 2. The number of nitrogens with one attached hydrogen (secondary N) is 1. The van der Waals surface area contributed by atoms with Crippen LogP contribution in [-0.2, 0) is 0 Å². The fourth-order valence-corrected chi connectivity index (χ4v) is 12.1. The summed E-state index contributed by atoms with van der Waals surface area (Å²) in [6.07, 6.45) is 0. The summed E-state index contributed by atoms with van der Waals surface area (Å²) in [4.78, 5) is 0. The maximum atomic E-state index is 5.79. The van der Waals surface area contributed by atoms with E-state index in [1.54, 1.807) is 0 Å². The van der Waals surface area contributed by atoms with Crippen LogP contribution >= 0.6 is 0 Å². The number of nitrogens with two attached hydrogens (primary N) is 2. The van der Waals surface area contributed by atoms with Gasteiger partial charge < -0.3 is 16.1 Å². The molecule has 2 aromatic carbocycles. The van der Waals surface area contributed by atoms with E-state index in [0.29, 0.717) is 0 Å². The van der Waals surface area contributed by atoms with Crippen molar-refractivity contribution in [2.24, 2.45) is 0 Å². The molecule has 21 heavy (non-hydrogen) atoms. The number of hydrogen-bond donors (Lipinski definition) is 3. The molecule has 0 radical (unpaired) electrons. The monoisotopic (exact) mass is 315 g/mol. The number of rotatable bonds is 4. The summed E-state index contributed by atoms with van der Waals surface area (Å²) in [6, 6.07) is 16.6. The van der Waals surface area contributed by atoms with Crippen molar-refractivity contribution >= 4 is 38.2 Å². The minimum atomic E-state index is -1.71. The predicted octanol–water partition coefficient (Wildman–Crippen LogP) is 1.96. The van der Waals surface area contributed by atoms with Crippen LogP contribution in [0.4, 0.5) is 11.4 Å². The summed E-state index contributed by atoms with van der Waals surface area (Å²) >= 11 is 0. The van der Waals surface area contributed by atoms with Gasteiger partial charge in [0.1, 0.15) is 16.5 Å². The maximum Gasteiger partial charge on any atom is 0.145 e. The Labute approximate surface area is 129 Å². The summed E-state index contributed by atoms with van der Waals surface area (Å²) in [7, 11) is -3.42. The van der Waals surface area contributed by atoms with Crippen molar-refractivity contribution in [3.63, 3.8) is 0 Å². The highest BCUT2D eigenvalue weighted by Crippen LogP contribution is 2.09. The summed E-state index contributed by atoms with van der Waals surface area (Å²) < 4.78 is 4.00. The van der Waals surface area contributed by atoms with Crippen molar-refractivity contribution in [1.29, 1.82) is 0 Å². The molecule has 0 aliphatic heterocycles. The lowest BCUT2D eigenvalue weighted by Gasteiger charge is -2.35. The lowest BCUT2D eigenvalue weighted by Crippen LogP contribution is -2.69.